The average Bonchev–Trinajstić information content (AvgIpc) is 2.35. The van der Waals surface area contributed by atoms with Gasteiger partial charge in [-0.05, 0) is 12.1 Å². The van der Waals surface area contributed by atoms with Crippen LogP contribution in [0.5, 0.6) is 5.75 Å². The predicted molar refractivity (Wildman–Crippen MR) is 65.7 cm³/mol. The highest BCUT2D eigenvalue weighted by Crippen LogP contribution is 2.17. The summed E-state index contributed by atoms with van der Waals surface area (Å²) in [6.45, 7) is -1.37. The van der Waals surface area contributed by atoms with E-state index < -0.39 is 36.7 Å². The van der Waals surface area contributed by atoms with Crippen molar-refractivity contribution in [3.05, 3.63) is 29.6 Å². The third kappa shape index (κ3) is 3.94. The van der Waals surface area contributed by atoms with Gasteiger partial charge in [0, 0.05) is 6.07 Å². The maximum Gasteiger partial charge on any atom is 0.323 e. The highest BCUT2D eigenvalue weighted by molar-refractivity contribution is 5.98. The molecule has 108 valence electrons. The second-order valence-electron chi connectivity index (χ2n) is 3.87. The number of carbonyl (C=O) groups is 3. The maximum absolute atomic E-state index is 13.7. The Kier molecular flexibility index (Phi) is 5.01. The van der Waals surface area contributed by atoms with Gasteiger partial charge < -0.3 is 20.5 Å². The number of methoxy groups -OCH3 is 1. The summed E-state index contributed by atoms with van der Waals surface area (Å²) in [4.78, 5) is 34.1. The summed E-state index contributed by atoms with van der Waals surface area (Å²) < 4.78 is 18.5. The molecule has 8 heteroatoms. The van der Waals surface area contributed by atoms with Crippen molar-refractivity contribution in [3.8, 4) is 5.75 Å². The normalized spacial score (nSPS) is 9.90. The molecule has 0 spiro atoms. The fourth-order valence-electron chi connectivity index (χ4n) is 1.52. The van der Waals surface area contributed by atoms with E-state index in [0.717, 1.165) is 12.1 Å². The summed E-state index contributed by atoms with van der Waals surface area (Å²) in [6.07, 6.45) is 0. The van der Waals surface area contributed by atoms with Gasteiger partial charge in [0.2, 0.25) is 5.91 Å². The number of halogens is 1. The van der Waals surface area contributed by atoms with Crippen LogP contribution in [-0.4, -0.2) is 48.0 Å². The molecule has 20 heavy (non-hydrogen) atoms. The molecule has 0 bridgehead atoms. The second-order valence-corrected chi connectivity index (χ2v) is 3.87. The lowest BCUT2D eigenvalue weighted by atomic mass is 10.1. The van der Waals surface area contributed by atoms with Crippen LogP contribution >= 0.6 is 0 Å². The number of carbonyl (C=O) groups excluding carboxylic acids is 2. The number of amides is 2. The van der Waals surface area contributed by atoms with Crippen molar-refractivity contribution in [2.24, 2.45) is 5.73 Å². The van der Waals surface area contributed by atoms with Gasteiger partial charge in [0.05, 0.1) is 12.7 Å². The van der Waals surface area contributed by atoms with Crippen molar-refractivity contribution in [3.63, 3.8) is 0 Å². The number of hydrogen-bond donors (Lipinski definition) is 2. The van der Waals surface area contributed by atoms with Gasteiger partial charge >= 0.3 is 5.97 Å². The lowest BCUT2D eigenvalue weighted by Crippen LogP contribution is -2.41. The Morgan fingerprint density at radius 2 is 2.00 bits per heavy atom. The first-order chi connectivity index (χ1) is 9.35. The van der Waals surface area contributed by atoms with Crippen LogP contribution in [0, 0.1) is 5.82 Å². The predicted octanol–water partition coefficient (Wildman–Crippen LogP) is -0.154. The lowest BCUT2D eigenvalue weighted by molar-refractivity contribution is -0.138. The van der Waals surface area contributed by atoms with Crippen LogP contribution in [0.2, 0.25) is 0 Å². The molecule has 1 rings (SSSR count). The first-order valence-electron chi connectivity index (χ1n) is 5.48. The molecule has 0 saturated carbocycles. The van der Waals surface area contributed by atoms with Gasteiger partial charge in [0.1, 0.15) is 24.7 Å². The van der Waals surface area contributed by atoms with Crippen molar-refractivity contribution < 1.29 is 28.6 Å². The Morgan fingerprint density at radius 3 is 2.45 bits per heavy atom. The highest BCUT2D eigenvalue weighted by atomic mass is 19.1. The number of benzene rings is 1. The van der Waals surface area contributed by atoms with E-state index in [2.05, 4.69) is 0 Å². The Morgan fingerprint density at radius 1 is 1.35 bits per heavy atom. The summed E-state index contributed by atoms with van der Waals surface area (Å²) in [7, 11) is 1.33. The van der Waals surface area contributed by atoms with E-state index in [4.69, 9.17) is 15.6 Å². The van der Waals surface area contributed by atoms with Crippen LogP contribution in [0.3, 0.4) is 0 Å². The third-order valence-corrected chi connectivity index (χ3v) is 2.37. The summed E-state index contributed by atoms with van der Waals surface area (Å²) in [5, 5.41) is 8.68. The molecule has 0 aliphatic carbocycles. The minimum absolute atomic E-state index is 0.207. The number of carboxylic acids is 1. The number of nitrogens with zero attached hydrogens (tertiary/aromatic N) is 1. The van der Waals surface area contributed by atoms with E-state index >= 15 is 0 Å². The number of primary amides is 1. The molecule has 3 N–H and O–H groups in total. The molecule has 0 aliphatic rings. The molecule has 7 nitrogen and oxygen atoms in total. The quantitative estimate of drug-likeness (QED) is 0.754. The minimum atomic E-state index is -1.34. The first-order valence-corrected chi connectivity index (χ1v) is 5.48. The molecule has 0 radical (unpaired) electrons. The molecular weight excluding hydrogens is 271 g/mol. The zero-order valence-corrected chi connectivity index (χ0v) is 10.6. The molecule has 0 atom stereocenters. The van der Waals surface area contributed by atoms with Crippen molar-refractivity contribution >= 4 is 17.8 Å². The maximum atomic E-state index is 13.7. The van der Waals surface area contributed by atoms with Gasteiger partial charge in [0.25, 0.3) is 5.91 Å². The molecular formula is C12H13FN2O5. The van der Waals surface area contributed by atoms with Crippen molar-refractivity contribution in [1.82, 2.24) is 4.90 Å². The zero-order chi connectivity index (χ0) is 15.3. The fraction of sp³-hybridized carbons (Fsp3) is 0.250. The SMILES string of the molecule is COc1ccc(C(=O)N(CC(N)=O)CC(=O)O)c(F)c1. The first kappa shape index (κ1) is 15.4. The van der Waals surface area contributed by atoms with Gasteiger partial charge in [0.15, 0.2) is 0 Å². The van der Waals surface area contributed by atoms with Crippen LogP contribution in [0.1, 0.15) is 10.4 Å². The van der Waals surface area contributed by atoms with E-state index in [9.17, 15) is 18.8 Å². The molecule has 0 aromatic heterocycles. The number of rotatable bonds is 6. The number of aliphatic carboxylic acids is 1. The monoisotopic (exact) mass is 284 g/mol. The topological polar surface area (TPSA) is 110 Å². The third-order valence-electron chi connectivity index (χ3n) is 2.37. The Balaban J connectivity index is 3.04. The lowest BCUT2D eigenvalue weighted by Gasteiger charge is -2.19. The van der Waals surface area contributed by atoms with E-state index in [1.165, 1.54) is 13.2 Å². The summed E-state index contributed by atoms with van der Waals surface area (Å²) in [5.41, 5.74) is 4.56. The van der Waals surface area contributed by atoms with E-state index in [1.54, 1.807) is 0 Å². The number of carboxylic acid groups (broad SMARTS) is 1. The molecule has 0 heterocycles. The van der Waals surface area contributed by atoms with Gasteiger partial charge in [-0.15, -0.1) is 0 Å². The smallest absolute Gasteiger partial charge is 0.323 e. The van der Waals surface area contributed by atoms with Crippen LogP contribution in [0.4, 0.5) is 4.39 Å². The van der Waals surface area contributed by atoms with E-state index in [0.29, 0.717) is 4.90 Å². The van der Waals surface area contributed by atoms with Crippen LogP contribution in [0.15, 0.2) is 18.2 Å². The molecule has 0 aliphatic heterocycles. The van der Waals surface area contributed by atoms with Crippen molar-refractivity contribution in [1.29, 1.82) is 0 Å². The highest BCUT2D eigenvalue weighted by Gasteiger charge is 2.23. The number of ether oxygens (including phenoxy) is 1. The zero-order valence-electron chi connectivity index (χ0n) is 10.6. The molecule has 1 aromatic carbocycles. The van der Waals surface area contributed by atoms with Gasteiger partial charge in [-0.25, -0.2) is 4.39 Å². The summed E-state index contributed by atoms with van der Waals surface area (Å²) in [5.74, 6) is -3.85. The van der Waals surface area contributed by atoms with E-state index in [-0.39, 0.29) is 11.3 Å². The molecule has 0 saturated heterocycles. The van der Waals surface area contributed by atoms with Crippen LogP contribution in [-0.2, 0) is 9.59 Å². The summed E-state index contributed by atoms with van der Waals surface area (Å²) in [6, 6.07) is 3.47. The van der Waals surface area contributed by atoms with E-state index in [1.807, 2.05) is 0 Å². The van der Waals surface area contributed by atoms with Crippen LogP contribution < -0.4 is 10.5 Å². The Hall–Kier alpha value is -2.64. The number of hydrogen-bond acceptors (Lipinski definition) is 4. The molecule has 0 unspecified atom stereocenters. The standard InChI is InChI=1S/C12H13FN2O5/c1-20-7-2-3-8(9(13)4-7)12(19)15(5-10(14)16)6-11(17)18/h2-4H,5-6H2,1H3,(H2,14,16)(H,17,18). The van der Waals surface area contributed by atoms with Crippen LogP contribution in [0.25, 0.3) is 0 Å². The van der Waals surface area contributed by atoms with Gasteiger partial charge in [-0.2, -0.15) is 0 Å². The average molecular weight is 284 g/mol. The Bertz CT molecular complexity index is 531. The van der Waals surface area contributed by atoms with Gasteiger partial charge in [-0.1, -0.05) is 0 Å². The van der Waals surface area contributed by atoms with Crippen molar-refractivity contribution in [2.75, 3.05) is 20.2 Å². The van der Waals surface area contributed by atoms with Crippen molar-refractivity contribution in [2.45, 2.75) is 0 Å². The molecule has 1 aromatic rings. The molecule has 2 amide bonds. The second kappa shape index (κ2) is 6.50. The van der Waals surface area contributed by atoms with Gasteiger partial charge in [-0.3, -0.25) is 14.4 Å². The number of nitrogens with two attached hydrogens (primary N) is 1. The minimum Gasteiger partial charge on any atom is -0.497 e. The Labute approximate surface area is 113 Å². The fourth-order valence-corrected chi connectivity index (χ4v) is 1.52. The largest absolute Gasteiger partial charge is 0.497 e. The summed E-state index contributed by atoms with van der Waals surface area (Å²) >= 11 is 0. The molecule has 0 fully saturated rings.